The quantitative estimate of drug-likeness (QED) is 0.923. The smallest absolute Gasteiger partial charge is 0.128 e. The van der Waals surface area contributed by atoms with E-state index in [2.05, 4.69) is 39.1 Å². The number of nitrogens with zero attached hydrogens (tertiary/aromatic N) is 2. The SMILES string of the molecule is c1cc(CNC2CCSC2)cc(N2CCCCCC2)n1. The number of aromatic nitrogens is 1. The van der Waals surface area contributed by atoms with E-state index in [1.54, 1.807) is 0 Å². The standard InChI is InChI=1S/C16H25N3S/c1-2-4-9-19(8-3-1)16-11-14(5-7-17-16)12-18-15-6-10-20-13-15/h5,7,11,15,18H,1-4,6,8-10,12-13H2. The zero-order valence-corrected chi connectivity index (χ0v) is 13.0. The van der Waals surface area contributed by atoms with Crippen LogP contribution in [-0.4, -0.2) is 35.6 Å². The molecule has 3 rings (SSSR count). The number of nitrogens with one attached hydrogen (secondary N) is 1. The van der Waals surface area contributed by atoms with Gasteiger partial charge in [0.2, 0.25) is 0 Å². The van der Waals surface area contributed by atoms with E-state index in [9.17, 15) is 0 Å². The first-order valence-corrected chi connectivity index (χ1v) is 9.08. The Kier molecular flexibility index (Phi) is 5.20. The minimum atomic E-state index is 0.704. The van der Waals surface area contributed by atoms with Gasteiger partial charge in [-0.2, -0.15) is 11.8 Å². The van der Waals surface area contributed by atoms with Gasteiger partial charge in [0.05, 0.1) is 0 Å². The Bertz CT molecular complexity index is 410. The van der Waals surface area contributed by atoms with Gasteiger partial charge in [0.25, 0.3) is 0 Å². The van der Waals surface area contributed by atoms with Crippen molar-refractivity contribution in [1.82, 2.24) is 10.3 Å². The van der Waals surface area contributed by atoms with Crippen molar-refractivity contribution in [1.29, 1.82) is 0 Å². The van der Waals surface area contributed by atoms with Gasteiger partial charge in [0.1, 0.15) is 5.82 Å². The van der Waals surface area contributed by atoms with Crippen LogP contribution >= 0.6 is 11.8 Å². The van der Waals surface area contributed by atoms with Crippen molar-refractivity contribution in [2.75, 3.05) is 29.5 Å². The van der Waals surface area contributed by atoms with E-state index in [4.69, 9.17) is 0 Å². The second kappa shape index (κ2) is 7.32. The number of rotatable bonds is 4. The molecular formula is C16H25N3S. The van der Waals surface area contributed by atoms with E-state index >= 15 is 0 Å². The van der Waals surface area contributed by atoms with Gasteiger partial charge in [0.15, 0.2) is 0 Å². The average molecular weight is 291 g/mol. The fourth-order valence-electron chi connectivity index (χ4n) is 3.00. The number of anilines is 1. The molecule has 0 aromatic carbocycles. The van der Waals surface area contributed by atoms with Crippen molar-refractivity contribution < 1.29 is 0 Å². The maximum absolute atomic E-state index is 4.58. The van der Waals surface area contributed by atoms with Crippen molar-refractivity contribution in [2.45, 2.75) is 44.7 Å². The molecule has 1 unspecified atom stereocenters. The predicted octanol–water partition coefficient (Wildman–Crippen LogP) is 3.06. The van der Waals surface area contributed by atoms with Crippen molar-refractivity contribution in [2.24, 2.45) is 0 Å². The molecule has 110 valence electrons. The van der Waals surface area contributed by atoms with Crippen molar-refractivity contribution in [3.63, 3.8) is 0 Å². The van der Waals surface area contributed by atoms with Gasteiger partial charge in [0, 0.05) is 37.6 Å². The number of hydrogen-bond donors (Lipinski definition) is 1. The van der Waals surface area contributed by atoms with Gasteiger partial charge < -0.3 is 10.2 Å². The molecule has 0 amide bonds. The Balaban J connectivity index is 1.59. The van der Waals surface area contributed by atoms with E-state index in [1.165, 1.54) is 68.1 Å². The Morgan fingerprint density at radius 1 is 1.25 bits per heavy atom. The molecule has 2 aliphatic heterocycles. The van der Waals surface area contributed by atoms with Crippen LogP contribution in [0.1, 0.15) is 37.7 Å². The maximum Gasteiger partial charge on any atom is 0.128 e. The van der Waals surface area contributed by atoms with Crippen molar-refractivity contribution in [3.8, 4) is 0 Å². The second-order valence-corrected chi connectivity index (χ2v) is 7.01. The van der Waals surface area contributed by atoms with Crippen LogP contribution in [0.15, 0.2) is 18.3 Å². The summed E-state index contributed by atoms with van der Waals surface area (Å²) in [4.78, 5) is 7.04. The lowest BCUT2D eigenvalue weighted by molar-refractivity contribution is 0.557. The van der Waals surface area contributed by atoms with E-state index in [-0.39, 0.29) is 0 Å². The normalized spacial score (nSPS) is 23.8. The summed E-state index contributed by atoms with van der Waals surface area (Å²) in [6.07, 6.45) is 8.65. The third-order valence-electron chi connectivity index (χ3n) is 4.26. The molecule has 0 radical (unpaired) electrons. The highest BCUT2D eigenvalue weighted by molar-refractivity contribution is 7.99. The lowest BCUT2D eigenvalue weighted by Crippen LogP contribution is -2.28. The lowest BCUT2D eigenvalue weighted by Gasteiger charge is -2.22. The minimum Gasteiger partial charge on any atom is -0.357 e. The average Bonchev–Trinajstić information content (AvgIpc) is 2.86. The molecule has 0 bridgehead atoms. The van der Waals surface area contributed by atoms with E-state index in [0.29, 0.717) is 6.04 Å². The van der Waals surface area contributed by atoms with Crippen LogP contribution in [0.5, 0.6) is 0 Å². The highest BCUT2D eigenvalue weighted by atomic mass is 32.2. The molecule has 0 aliphatic carbocycles. The van der Waals surface area contributed by atoms with Crippen LogP contribution in [0.4, 0.5) is 5.82 Å². The first kappa shape index (κ1) is 14.2. The van der Waals surface area contributed by atoms with E-state index in [1.807, 2.05) is 6.20 Å². The highest BCUT2D eigenvalue weighted by Crippen LogP contribution is 2.20. The van der Waals surface area contributed by atoms with Crippen LogP contribution < -0.4 is 10.2 Å². The molecule has 1 aromatic rings. The Labute approximate surface area is 126 Å². The molecule has 0 saturated carbocycles. The molecule has 2 saturated heterocycles. The van der Waals surface area contributed by atoms with Gasteiger partial charge in [-0.05, 0) is 42.7 Å². The molecule has 1 aromatic heterocycles. The summed E-state index contributed by atoms with van der Waals surface area (Å²) in [6.45, 7) is 3.32. The van der Waals surface area contributed by atoms with Crippen LogP contribution in [0, 0.1) is 0 Å². The Hall–Kier alpha value is -0.740. The van der Waals surface area contributed by atoms with E-state index in [0.717, 1.165) is 6.54 Å². The Morgan fingerprint density at radius 3 is 2.85 bits per heavy atom. The number of hydrogen-bond acceptors (Lipinski definition) is 4. The number of pyridine rings is 1. The molecule has 3 heterocycles. The van der Waals surface area contributed by atoms with E-state index < -0.39 is 0 Å². The van der Waals surface area contributed by atoms with Crippen LogP contribution in [0.25, 0.3) is 0 Å². The number of thioether (sulfide) groups is 1. The van der Waals surface area contributed by atoms with Crippen LogP contribution in [0.3, 0.4) is 0 Å². The molecule has 2 aliphatic rings. The van der Waals surface area contributed by atoms with Gasteiger partial charge in [-0.15, -0.1) is 0 Å². The first-order chi connectivity index (χ1) is 9.92. The molecule has 1 N–H and O–H groups in total. The summed E-state index contributed by atoms with van der Waals surface area (Å²) >= 11 is 2.06. The molecular weight excluding hydrogens is 266 g/mol. The van der Waals surface area contributed by atoms with Gasteiger partial charge >= 0.3 is 0 Å². The monoisotopic (exact) mass is 291 g/mol. The molecule has 2 fully saturated rings. The third kappa shape index (κ3) is 3.89. The molecule has 3 nitrogen and oxygen atoms in total. The second-order valence-electron chi connectivity index (χ2n) is 5.86. The topological polar surface area (TPSA) is 28.2 Å². The summed E-state index contributed by atoms with van der Waals surface area (Å²) in [5, 5.41) is 3.67. The summed E-state index contributed by atoms with van der Waals surface area (Å²) in [6, 6.07) is 5.13. The minimum absolute atomic E-state index is 0.704. The van der Waals surface area contributed by atoms with Crippen LogP contribution in [0.2, 0.25) is 0 Å². The van der Waals surface area contributed by atoms with Gasteiger partial charge in [-0.3, -0.25) is 0 Å². The van der Waals surface area contributed by atoms with Gasteiger partial charge in [-0.1, -0.05) is 12.8 Å². The molecule has 4 heteroatoms. The van der Waals surface area contributed by atoms with Crippen LogP contribution in [-0.2, 0) is 6.54 Å². The fraction of sp³-hybridized carbons (Fsp3) is 0.688. The first-order valence-electron chi connectivity index (χ1n) is 7.93. The largest absolute Gasteiger partial charge is 0.357 e. The summed E-state index contributed by atoms with van der Waals surface area (Å²) in [7, 11) is 0. The summed E-state index contributed by atoms with van der Waals surface area (Å²) in [5.74, 6) is 3.75. The molecule has 0 spiro atoms. The maximum atomic E-state index is 4.58. The molecule has 1 atom stereocenters. The third-order valence-corrected chi connectivity index (χ3v) is 5.43. The summed E-state index contributed by atoms with van der Waals surface area (Å²) < 4.78 is 0. The predicted molar refractivity (Wildman–Crippen MR) is 87.5 cm³/mol. The van der Waals surface area contributed by atoms with Crippen molar-refractivity contribution >= 4 is 17.6 Å². The fourth-order valence-corrected chi connectivity index (χ4v) is 4.19. The molecule has 20 heavy (non-hydrogen) atoms. The van der Waals surface area contributed by atoms with Gasteiger partial charge in [-0.25, -0.2) is 4.98 Å². The zero-order valence-electron chi connectivity index (χ0n) is 12.2. The highest BCUT2D eigenvalue weighted by Gasteiger charge is 2.15. The lowest BCUT2D eigenvalue weighted by atomic mass is 10.2. The van der Waals surface area contributed by atoms with Crippen molar-refractivity contribution in [3.05, 3.63) is 23.9 Å². The zero-order chi connectivity index (χ0) is 13.6. The Morgan fingerprint density at radius 2 is 2.10 bits per heavy atom. The summed E-state index contributed by atoms with van der Waals surface area (Å²) in [5.41, 5.74) is 1.37.